The Hall–Kier alpha value is -1.69. The molecule has 1 unspecified atom stereocenters. The second-order valence-corrected chi connectivity index (χ2v) is 6.39. The summed E-state index contributed by atoms with van der Waals surface area (Å²) < 4.78 is 0. The molecule has 1 fully saturated rings. The van der Waals surface area contributed by atoms with E-state index in [1.165, 1.54) is 0 Å². The topological polar surface area (TPSA) is 71.2 Å². The summed E-state index contributed by atoms with van der Waals surface area (Å²) in [6.07, 6.45) is 0.790. The van der Waals surface area contributed by atoms with Crippen molar-refractivity contribution in [1.29, 1.82) is 0 Å². The lowest BCUT2D eigenvalue weighted by Crippen LogP contribution is -2.39. The van der Waals surface area contributed by atoms with Crippen molar-refractivity contribution in [3.8, 4) is 0 Å². The van der Waals surface area contributed by atoms with Gasteiger partial charge in [0, 0.05) is 25.8 Å². The van der Waals surface area contributed by atoms with Crippen LogP contribution < -0.4 is 16.0 Å². The van der Waals surface area contributed by atoms with E-state index in [0.717, 1.165) is 35.6 Å². The van der Waals surface area contributed by atoms with Crippen molar-refractivity contribution >= 4 is 28.9 Å². The highest BCUT2D eigenvalue weighted by atomic mass is 32.1. The third-order valence-corrected chi connectivity index (χ3v) is 4.32. The molecule has 1 amide bonds. The second kappa shape index (κ2) is 5.60. The van der Waals surface area contributed by atoms with Crippen LogP contribution >= 0.6 is 12.2 Å². The lowest BCUT2D eigenvalue weighted by molar-refractivity contribution is -0.128. The van der Waals surface area contributed by atoms with E-state index in [1.807, 2.05) is 26.8 Å². The molecular formula is C15H22N4OS. The first-order valence-electron chi connectivity index (χ1n) is 7.03. The van der Waals surface area contributed by atoms with Gasteiger partial charge in [0.2, 0.25) is 5.91 Å². The zero-order valence-electron chi connectivity index (χ0n) is 13.0. The van der Waals surface area contributed by atoms with E-state index in [1.54, 1.807) is 7.05 Å². The number of nitrogens with two attached hydrogens (primary N) is 1. The fourth-order valence-electron chi connectivity index (χ4n) is 2.98. The lowest BCUT2D eigenvalue weighted by Gasteiger charge is -2.25. The maximum Gasteiger partial charge on any atom is 0.227 e. The Kier molecular flexibility index (Phi) is 4.18. The molecule has 6 heteroatoms. The van der Waals surface area contributed by atoms with Gasteiger partial charge in [-0.3, -0.25) is 4.79 Å². The number of rotatable bonds is 3. The third kappa shape index (κ3) is 2.85. The first-order valence-corrected chi connectivity index (χ1v) is 7.44. The van der Waals surface area contributed by atoms with E-state index in [2.05, 4.69) is 15.2 Å². The van der Waals surface area contributed by atoms with Crippen LogP contribution in [0.2, 0.25) is 0 Å². The molecule has 1 saturated heterocycles. The highest BCUT2D eigenvalue weighted by Crippen LogP contribution is 2.34. The minimum Gasteiger partial charge on any atom is -0.389 e. The van der Waals surface area contributed by atoms with Gasteiger partial charge < -0.3 is 16.0 Å². The number of hydrogen-bond acceptors (Lipinski definition) is 4. The summed E-state index contributed by atoms with van der Waals surface area (Å²) in [5, 5.41) is 2.74. The number of pyridine rings is 1. The highest BCUT2D eigenvalue weighted by Gasteiger charge is 2.41. The van der Waals surface area contributed by atoms with Crippen molar-refractivity contribution in [2.75, 3.05) is 25.0 Å². The molecule has 2 rings (SSSR count). The number of nitrogens with zero attached hydrogens (tertiary/aromatic N) is 2. The quantitative estimate of drug-likeness (QED) is 0.824. The van der Waals surface area contributed by atoms with Crippen LogP contribution in [-0.4, -0.2) is 36.0 Å². The Labute approximate surface area is 130 Å². The largest absolute Gasteiger partial charge is 0.389 e. The Morgan fingerprint density at radius 3 is 2.76 bits per heavy atom. The van der Waals surface area contributed by atoms with E-state index < -0.39 is 5.41 Å². The highest BCUT2D eigenvalue weighted by molar-refractivity contribution is 7.80. The smallest absolute Gasteiger partial charge is 0.227 e. The number of nitrogens with one attached hydrogen (secondary N) is 1. The van der Waals surface area contributed by atoms with Crippen LogP contribution in [0, 0.1) is 19.3 Å². The summed E-state index contributed by atoms with van der Waals surface area (Å²) in [6.45, 7) is 7.32. The van der Waals surface area contributed by atoms with Crippen LogP contribution in [0.25, 0.3) is 0 Å². The number of anilines is 1. The number of aromatic nitrogens is 1. The number of hydrogen-bond donors (Lipinski definition) is 2. The first kappa shape index (κ1) is 15.7. The van der Waals surface area contributed by atoms with Crippen molar-refractivity contribution in [2.24, 2.45) is 11.1 Å². The summed E-state index contributed by atoms with van der Waals surface area (Å²) >= 11 is 5.18. The maximum absolute atomic E-state index is 12.1. The van der Waals surface area contributed by atoms with Crippen molar-refractivity contribution in [1.82, 2.24) is 10.3 Å². The normalized spacial score (nSPS) is 21.4. The predicted molar refractivity (Wildman–Crippen MR) is 88.6 cm³/mol. The molecule has 1 aliphatic heterocycles. The van der Waals surface area contributed by atoms with Crippen LogP contribution in [0.5, 0.6) is 0 Å². The van der Waals surface area contributed by atoms with Crippen LogP contribution in [0.1, 0.15) is 30.2 Å². The molecular weight excluding hydrogens is 284 g/mol. The van der Waals surface area contributed by atoms with E-state index in [4.69, 9.17) is 18.0 Å². The Morgan fingerprint density at radius 2 is 2.19 bits per heavy atom. The number of amides is 1. The lowest BCUT2D eigenvalue weighted by atomic mass is 9.89. The molecule has 21 heavy (non-hydrogen) atoms. The average Bonchev–Trinajstić information content (AvgIpc) is 2.80. The zero-order valence-corrected chi connectivity index (χ0v) is 13.8. The van der Waals surface area contributed by atoms with E-state index in [9.17, 15) is 4.79 Å². The van der Waals surface area contributed by atoms with Gasteiger partial charge >= 0.3 is 0 Å². The van der Waals surface area contributed by atoms with Gasteiger partial charge in [-0.25, -0.2) is 4.98 Å². The molecule has 0 aliphatic carbocycles. The molecule has 0 bridgehead atoms. The zero-order chi connectivity index (χ0) is 15.8. The van der Waals surface area contributed by atoms with Crippen molar-refractivity contribution in [2.45, 2.75) is 27.2 Å². The second-order valence-electron chi connectivity index (χ2n) is 5.95. The summed E-state index contributed by atoms with van der Waals surface area (Å²) in [7, 11) is 1.67. The molecule has 3 N–H and O–H groups in total. The fraction of sp³-hybridized carbons (Fsp3) is 0.533. The molecule has 0 saturated carbocycles. The van der Waals surface area contributed by atoms with Gasteiger partial charge in [0.25, 0.3) is 0 Å². The summed E-state index contributed by atoms with van der Waals surface area (Å²) in [6, 6.07) is 1.98. The van der Waals surface area contributed by atoms with Crippen LogP contribution in [-0.2, 0) is 4.79 Å². The number of carbonyl (C=O) groups excluding carboxylic acids is 1. The number of aryl methyl sites for hydroxylation is 2. The van der Waals surface area contributed by atoms with Crippen molar-refractivity contribution in [3.63, 3.8) is 0 Å². The summed E-state index contributed by atoms with van der Waals surface area (Å²) in [5.41, 5.74) is 8.24. The van der Waals surface area contributed by atoms with Gasteiger partial charge in [-0.05, 0) is 38.8 Å². The monoisotopic (exact) mass is 306 g/mol. The van der Waals surface area contributed by atoms with Crippen LogP contribution in [0.4, 0.5) is 5.82 Å². The Balaban J connectivity index is 2.40. The van der Waals surface area contributed by atoms with Crippen molar-refractivity contribution < 1.29 is 4.79 Å². The number of thiocarbonyl (C=S) groups is 1. The molecule has 0 aromatic carbocycles. The third-order valence-electron chi connectivity index (χ3n) is 4.12. The molecule has 1 aromatic rings. The Bertz CT molecular complexity index is 602. The molecule has 1 aliphatic rings. The fourth-order valence-corrected chi connectivity index (χ4v) is 3.23. The van der Waals surface area contributed by atoms with Gasteiger partial charge in [0.15, 0.2) is 0 Å². The van der Waals surface area contributed by atoms with Gasteiger partial charge in [-0.1, -0.05) is 12.2 Å². The summed E-state index contributed by atoms with van der Waals surface area (Å²) in [5.74, 6) is 0.860. The van der Waals surface area contributed by atoms with Gasteiger partial charge in [-0.15, -0.1) is 0 Å². The van der Waals surface area contributed by atoms with Gasteiger partial charge in [0.05, 0.1) is 11.0 Å². The van der Waals surface area contributed by atoms with E-state index in [0.29, 0.717) is 11.5 Å². The first-order chi connectivity index (χ1) is 9.78. The average molecular weight is 306 g/mol. The van der Waals surface area contributed by atoms with Gasteiger partial charge in [-0.2, -0.15) is 0 Å². The molecule has 1 atom stereocenters. The minimum absolute atomic E-state index is 0.0613. The molecule has 0 spiro atoms. The Morgan fingerprint density at radius 1 is 1.52 bits per heavy atom. The molecule has 0 radical (unpaired) electrons. The maximum atomic E-state index is 12.1. The van der Waals surface area contributed by atoms with Crippen molar-refractivity contribution in [3.05, 3.63) is 22.9 Å². The number of carbonyl (C=O) groups is 1. The van der Waals surface area contributed by atoms with Crippen LogP contribution in [0.3, 0.4) is 0 Å². The summed E-state index contributed by atoms with van der Waals surface area (Å²) in [4.78, 5) is 19.1. The standard InChI is InChI=1S/C15H22N4OS/c1-9-7-10(2)18-13(11(9)12(16)21)19-6-5-15(3,8-19)14(20)17-4/h7H,5-6,8H2,1-4H3,(H2,16,21)(H,17,20). The molecule has 114 valence electrons. The SMILES string of the molecule is CNC(=O)C1(C)CCN(c2nc(C)cc(C)c2C(N)=S)C1. The molecule has 5 nitrogen and oxygen atoms in total. The van der Waals surface area contributed by atoms with Crippen LogP contribution in [0.15, 0.2) is 6.07 Å². The van der Waals surface area contributed by atoms with Gasteiger partial charge in [0.1, 0.15) is 10.8 Å². The minimum atomic E-state index is -0.401. The van der Waals surface area contributed by atoms with E-state index in [-0.39, 0.29) is 5.91 Å². The predicted octanol–water partition coefficient (Wildman–Crippen LogP) is 1.30. The molecule has 1 aromatic heterocycles. The van der Waals surface area contributed by atoms with E-state index >= 15 is 0 Å². The molecule has 2 heterocycles.